The molecule has 1 aliphatic rings. The van der Waals surface area contributed by atoms with Gasteiger partial charge in [0.2, 0.25) is 0 Å². The average molecular weight is 360 g/mol. The van der Waals surface area contributed by atoms with E-state index in [-0.39, 0.29) is 11.6 Å². The Morgan fingerprint density at radius 3 is 2.40 bits per heavy atom. The first-order valence-electron chi connectivity index (χ1n) is 8.15. The molecule has 7 heteroatoms. The second-order valence-corrected chi connectivity index (χ2v) is 6.35. The SMILES string of the molecule is O=C(Nc1cccc(Cl)c1N1CCCCC1)c1ccc([N+](=O)[O-])cc1. The Labute approximate surface area is 150 Å². The third-order valence-corrected chi connectivity index (χ3v) is 4.55. The topological polar surface area (TPSA) is 75.5 Å². The van der Waals surface area contributed by atoms with Gasteiger partial charge in [0, 0.05) is 30.8 Å². The molecule has 1 heterocycles. The highest BCUT2D eigenvalue weighted by molar-refractivity contribution is 6.34. The molecule has 0 bridgehead atoms. The Hall–Kier alpha value is -2.60. The van der Waals surface area contributed by atoms with Crippen molar-refractivity contribution in [2.75, 3.05) is 23.3 Å². The summed E-state index contributed by atoms with van der Waals surface area (Å²) >= 11 is 6.38. The molecule has 130 valence electrons. The Morgan fingerprint density at radius 2 is 1.76 bits per heavy atom. The fourth-order valence-electron chi connectivity index (χ4n) is 2.98. The summed E-state index contributed by atoms with van der Waals surface area (Å²) in [7, 11) is 0. The minimum absolute atomic E-state index is 0.0479. The van der Waals surface area contributed by atoms with Crippen LogP contribution in [-0.2, 0) is 0 Å². The lowest BCUT2D eigenvalue weighted by molar-refractivity contribution is -0.384. The van der Waals surface area contributed by atoms with Crippen molar-refractivity contribution in [3.63, 3.8) is 0 Å². The summed E-state index contributed by atoms with van der Waals surface area (Å²) in [6, 6.07) is 10.9. The molecule has 0 atom stereocenters. The second-order valence-electron chi connectivity index (χ2n) is 5.94. The lowest BCUT2D eigenvalue weighted by Gasteiger charge is -2.31. The van der Waals surface area contributed by atoms with E-state index in [0.717, 1.165) is 31.6 Å². The van der Waals surface area contributed by atoms with E-state index in [4.69, 9.17) is 11.6 Å². The number of para-hydroxylation sites is 1. The smallest absolute Gasteiger partial charge is 0.269 e. The molecule has 1 aliphatic heterocycles. The Kier molecular flexibility index (Phi) is 5.19. The molecule has 0 unspecified atom stereocenters. The van der Waals surface area contributed by atoms with Crippen molar-refractivity contribution in [2.45, 2.75) is 19.3 Å². The van der Waals surface area contributed by atoms with Gasteiger partial charge in [-0.05, 0) is 43.5 Å². The fraction of sp³-hybridized carbons (Fsp3) is 0.278. The van der Waals surface area contributed by atoms with Crippen LogP contribution >= 0.6 is 11.6 Å². The normalized spacial score (nSPS) is 14.2. The number of rotatable bonds is 4. The van der Waals surface area contributed by atoms with Gasteiger partial charge in [0.15, 0.2) is 0 Å². The highest BCUT2D eigenvalue weighted by Crippen LogP contribution is 2.35. The molecule has 1 N–H and O–H groups in total. The van der Waals surface area contributed by atoms with Gasteiger partial charge in [0.05, 0.1) is 21.3 Å². The summed E-state index contributed by atoms with van der Waals surface area (Å²) in [5.74, 6) is -0.324. The lowest BCUT2D eigenvalue weighted by atomic mass is 10.1. The van der Waals surface area contributed by atoms with Crippen LogP contribution in [0.3, 0.4) is 0 Å². The van der Waals surface area contributed by atoms with Gasteiger partial charge >= 0.3 is 0 Å². The molecule has 1 fully saturated rings. The fourth-order valence-corrected chi connectivity index (χ4v) is 3.28. The van der Waals surface area contributed by atoms with Crippen molar-refractivity contribution in [3.05, 3.63) is 63.2 Å². The van der Waals surface area contributed by atoms with Crippen LogP contribution in [0.1, 0.15) is 29.6 Å². The lowest BCUT2D eigenvalue weighted by Crippen LogP contribution is -2.30. The molecule has 2 aromatic rings. The number of hydrogen-bond acceptors (Lipinski definition) is 4. The molecule has 0 spiro atoms. The van der Waals surface area contributed by atoms with Gasteiger partial charge in [0.1, 0.15) is 0 Å². The molecule has 1 amide bonds. The first kappa shape index (κ1) is 17.2. The standard InChI is InChI=1S/C18H18ClN3O3/c19-15-5-4-6-16(17(15)21-11-2-1-3-12-21)20-18(23)13-7-9-14(10-8-13)22(24)25/h4-10H,1-3,11-12H2,(H,20,23). The zero-order chi connectivity index (χ0) is 17.8. The summed E-state index contributed by atoms with van der Waals surface area (Å²) < 4.78 is 0. The van der Waals surface area contributed by atoms with E-state index in [9.17, 15) is 14.9 Å². The summed E-state index contributed by atoms with van der Waals surface area (Å²) in [5, 5.41) is 14.2. The number of hydrogen-bond donors (Lipinski definition) is 1. The van der Waals surface area contributed by atoms with Crippen molar-refractivity contribution in [1.29, 1.82) is 0 Å². The molecule has 1 saturated heterocycles. The summed E-state index contributed by atoms with van der Waals surface area (Å²) in [4.78, 5) is 24.9. The van der Waals surface area contributed by atoms with E-state index in [1.807, 2.05) is 12.1 Å². The third-order valence-electron chi connectivity index (χ3n) is 4.25. The second kappa shape index (κ2) is 7.53. The number of amides is 1. The van der Waals surface area contributed by atoms with Crippen LogP contribution in [0.2, 0.25) is 5.02 Å². The van der Waals surface area contributed by atoms with Crippen molar-refractivity contribution in [1.82, 2.24) is 0 Å². The highest BCUT2D eigenvalue weighted by atomic mass is 35.5. The predicted molar refractivity (Wildman–Crippen MR) is 98.6 cm³/mol. The van der Waals surface area contributed by atoms with Gasteiger partial charge < -0.3 is 10.2 Å². The van der Waals surface area contributed by atoms with E-state index in [0.29, 0.717) is 16.3 Å². The Bertz CT molecular complexity index is 787. The van der Waals surface area contributed by atoms with E-state index < -0.39 is 4.92 Å². The van der Waals surface area contributed by atoms with Gasteiger partial charge in [-0.15, -0.1) is 0 Å². The summed E-state index contributed by atoms with van der Waals surface area (Å²) in [5.41, 5.74) is 1.79. The van der Waals surface area contributed by atoms with Crippen LogP contribution in [0, 0.1) is 10.1 Å². The molecular weight excluding hydrogens is 342 g/mol. The molecule has 25 heavy (non-hydrogen) atoms. The highest BCUT2D eigenvalue weighted by Gasteiger charge is 2.19. The third kappa shape index (κ3) is 3.91. The number of carbonyl (C=O) groups excluding carboxylic acids is 1. The number of non-ortho nitro benzene ring substituents is 1. The monoisotopic (exact) mass is 359 g/mol. The maximum Gasteiger partial charge on any atom is 0.269 e. The van der Waals surface area contributed by atoms with Crippen LogP contribution in [0.5, 0.6) is 0 Å². The maximum atomic E-state index is 12.5. The number of halogens is 1. The van der Waals surface area contributed by atoms with Crippen LogP contribution in [-0.4, -0.2) is 23.9 Å². The number of nitro benzene ring substituents is 1. The Morgan fingerprint density at radius 1 is 1.08 bits per heavy atom. The molecule has 2 aromatic carbocycles. The van der Waals surface area contributed by atoms with Gasteiger partial charge in [-0.2, -0.15) is 0 Å². The van der Waals surface area contributed by atoms with E-state index in [1.165, 1.54) is 30.7 Å². The first-order chi connectivity index (χ1) is 12.1. The van der Waals surface area contributed by atoms with Gasteiger partial charge in [0.25, 0.3) is 11.6 Å². The number of piperidine rings is 1. The van der Waals surface area contributed by atoms with Crippen LogP contribution < -0.4 is 10.2 Å². The quantitative estimate of drug-likeness (QED) is 0.644. The van der Waals surface area contributed by atoms with Crippen molar-refractivity contribution >= 4 is 34.6 Å². The zero-order valence-corrected chi connectivity index (χ0v) is 14.3. The van der Waals surface area contributed by atoms with Gasteiger partial charge in [-0.1, -0.05) is 17.7 Å². The summed E-state index contributed by atoms with van der Waals surface area (Å²) in [6.45, 7) is 1.81. The van der Waals surface area contributed by atoms with Gasteiger partial charge in [-0.3, -0.25) is 14.9 Å². The van der Waals surface area contributed by atoms with Gasteiger partial charge in [-0.25, -0.2) is 0 Å². The molecule has 3 rings (SSSR count). The number of nitrogens with zero attached hydrogens (tertiary/aromatic N) is 2. The minimum atomic E-state index is -0.493. The number of carbonyl (C=O) groups is 1. The maximum absolute atomic E-state index is 12.5. The number of nitrogens with one attached hydrogen (secondary N) is 1. The van der Waals surface area contributed by atoms with Crippen LogP contribution in [0.25, 0.3) is 0 Å². The van der Waals surface area contributed by atoms with Crippen molar-refractivity contribution in [2.24, 2.45) is 0 Å². The first-order valence-corrected chi connectivity index (χ1v) is 8.53. The molecule has 6 nitrogen and oxygen atoms in total. The van der Waals surface area contributed by atoms with Crippen molar-refractivity contribution in [3.8, 4) is 0 Å². The minimum Gasteiger partial charge on any atom is -0.369 e. The predicted octanol–water partition coefficient (Wildman–Crippen LogP) is 4.49. The molecule has 0 aromatic heterocycles. The van der Waals surface area contributed by atoms with Crippen molar-refractivity contribution < 1.29 is 9.72 Å². The molecule has 0 aliphatic carbocycles. The van der Waals surface area contributed by atoms with E-state index in [2.05, 4.69) is 10.2 Å². The average Bonchev–Trinajstić information content (AvgIpc) is 2.62. The van der Waals surface area contributed by atoms with E-state index in [1.54, 1.807) is 6.07 Å². The van der Waals surface area contributed by atoms with Crippen LogP contribution in [0.15, 0.2) is 42.5 Å². The molecule has 0 saturated carbocycles. The largest absolute Gasteiger partial charge is 0.369 e. The van der Waals surface area contributed by atoms with E-state index >= 15 is 0 Å². The number of nitro groups is 1. The molecular formula is C18H18ClN3O3. The molecule has 0 radical (unpaired) electrons. The van der Waals surface area contributed by atoms with Crippen LogP contribution in [0.4, 0.5) is 17.1 Å². The Balaban J connectivity index is 1.83. The summed E-state index contributed by atoms with van der Waals surface area (Å²) in [6.07, 6.45) is 3.40. The zero-order valence-electron chi connectivity index (χ0n) is 13.6. The number of benzene rings is 2. The number of anilines is 2.